The summed E-state index contributed by atoms with van der Waals surface area (Å²) in [5.41, 5.74) is 2.39. The number of carbonyl (C=O) groups is 5. The van der Waals surface area contributed by atoms with Crippen LogP contribution >= 0.6 is 0 Å². The lowest BCUT2D eigenvalue weighted by Crippen LogP contribution is -2.56. The van der Waals surface area contributed by atoms with Gasteiger partial charge >= 0.3 is 5.97 Å². The largest absolute Gasteiger partial charge is 0.463 e. The van der Waals surface area contributed by atoms with E-state index in [0.717, 1.165) is 47.9 Å². The van der Waals surface area contributed by atoms with Crippen molar-refractivity contribution in [1.29, 1.82) is 0 Å². The molecule has 0 radical (unpaired) electrons. The molecule has 1 aliphatic rings. The molecule has 59 heavy (non-hydrogen) atoms. The zero-order valence-corrected chi connectivity index (χ0v) is 34.4. The Labute approximate surface area is 348 Å². The maximum absolute atomic E-state index is 14.3. The van der Waals surface area contributed by atoms with Gasteiger partial charge in [-0.25, -0.2) is 4.79 Å². The van der Waals surface area contributed by atoms with Crippen LogP contribution in [0.15, 0.2) is 133 Å². The van der Waals surface area contributed by atoms with Gasteiger partial charge in [0.05, 0.1) is 6.61 Å². The van der Waals surface area contributed by atoms with E-state index in [9.17, 15) is 24.0 Å². The van der Waals surface area contributed by atoms with Crippen LogP contribution in [0.4, 0.5) is 0 Å². The molecule has 10 nitrogen and oxygen atoms in total. The first-order valence-electron chi connectivity index (χ1n) is 20.9. The molecule has 0 bridgehead atoms. The van der Waals surface area contributed by atoms with E-state index in [1.807, 2.05) is 135 Å². The third-order valence-electron chi connectivity index (χ3n) is 10.7. The van der Waals surface area contributed by atoms with Gasteiger partial charge in [0.2, 0.25) is 23.6 Å². The van der Waals surface area contributed by atoms with Crippen LogP contribution in [0.25, 0.3) is 0 Å². The van der Waals surface area contributed by atoms with Crippen LogP contribution in [0.5, 0.6) is 0 Å². The topological polar surface area (TPSA) is 143 Å². The number of nitrogens with one attached hydrogen (secondary N) is 4. The molecule has 0 heterocycles. The molecule has 1 saturated carbocycles. The summed E-state index contributed by atoms with van der Waals surface area (Å²) in [7, 11) is 0. The minimum Gasteiger partial charge on any atom is -0.463 e. The fraction of sp³-hybridized carbons (Fsp3) is 0.367. The van der Waals surface area contributed by atoms with Gasteiger partial charge in [0.1, 0.15) is 17.6 Å². The molecule has 1 fully saturated rings. The number of hydrogen-bond acceptors (Lipinski definition) is 6. The summed E-state index contributed by atoms with van der Waals surface area (Å²) in [6.45, 7) is 5.84. The number of esters is 1. The molecule has 4 N–H and O–H groups in total. The molecule has 4 aromatic rings. The fourth-order valence-corrected chi connectivity index (χ4v) is 7.74. The van der Waals surface area contributed by atoms with Gasteiger partial charge in [-0.2, -0.15) is 0 Å². The fourth-order valence-electron chi connectivity index (χ4n) is 7.74. The van der Waals surface area contributed by atoms with Crippen molar-refractivity contribution in [2.75, 3.05) is 6.61 Å². The van der Waals surface area contributed by atoms with Crippen molar-refractivity contribution in [3.63, 3.8) is 0 Å². The van der Waals surface area contributed by atoms with Crippen molar-refractivity contribution in [2.45, 2.75) is 95.8 Å². The Kier molecular flexibility index (Phi) is 16.6. The summed E-state index contributed by atoms with van der Waals surface area (Å²) in [6.07, 6.45) is 7.01. The first-order chi connectivity index (χ1) is 28.6. The number of amides is 4. The summed E-state index contributed by atoms with van der Waals surface area (Å²) in [6, 6.07) is 36.0. The van der Waals surface area contributed by atoms with Gasteiger partial charge in [-0.05, 0) is 60.8 Å². The van der Waals surface area contributed by atoms with Crippen molar-refractivity contribution in [2.24, 2.45) is 11.8 Å². The summed E-state index contributed by atoms with van der Waals surface area (Å²) < 4.78 is 5.13. The zero-order valence-electron chi connectivity index (χ0n) is 34.4. The Morgan fingerprint density at radius 2 is 1.20 bits per heavy atom. The van der Waals surface area contributed by atoms with Gasteiger partial charge < -0.3 is 26.0 Å². The van der Waals surface area contributed by atoms with Gasteiger partial charge in [0.25, 0.3) is 0 Å². The molecule has 0 aliphatic heterocycles. The van der Waals surface area contributed by atoms with E-state index >= 15 is 0 Å². The van der Waals surface area contributed by atoms with E-state index in [1.54, 1.807) is 6.92 Å². The normalized spacial score (nSPS) is 14.6. The van der Waals surface area contributed by atoms with Crippen LogP contribution < -0.4 is 21.3 Å². The molecule has 0 aromatic heterocycles. The Bertz CT molecular complexity index is 1890. The van der Waals surface area contributed by atoms with E-state index in [1.165, 1.54) is 12.2 Å². The van der Waals surface area contributed by atoms with Gasteiger partial charge in [-0.15, -0.1) is 0 Å². The average Bonchev–Trinajstić information content (AvgIpc) is 3.80. The van der Waals surface area contributed by atoms with E-state index in [0.29, 0.717) is 6.42 Å². The summed E-state index contributed by atoms with van der Waals surface area (Å²) >= 11 is 0. The number of ether oxygens (including phenoxy) is 1. The van der Waals surface area contributed by atoms with Crippen LogP contribution in [0.2, 0.25) is 0 Å². The highest BCUT2D eigenvalue weighted by molar-refractivity contribution is 5.93. The van der Waals surface area contributed by atoms with Gasteiger partial charge in [0.15, 0.2) is 0 Å². The molecular formula is C49H58N4O6. The summed E-state index contributed by atoms with van der Waals surface area (Å²) in [5, 5.41) is 12.3. The first-order valence-corrected chi connectivity index (χ1v) is 20.9. The Morgan fingerprint density at radius 3 is 1.71 bits per heavy atom. The number of hydrogen-bond donors (Lipinski definition) is 4. The molecule has 5 rings (SSSR count). The third kappa shape index (κ3) is 12.7. The standard InChI is InChI=1S/C49H58N4O6/c1-4-59-45(55)32-30-41(29-31-44(54)53-49(38-23-11-6-12-24-38,39-25-13-7-14-26-39)40-27-15-8-16-28-40)50-47(57)43(34-36-19-9-5-10-20-36)52-48(58)42(33-35(2)3)51-46(56)37-21-17-18-22-37/h5-16,19-20,23-28,30,32,35,37,41-43H,4,17-18,21-22,29,31,33-34H2,1-3H3,(H,50,57)(H,51,56)(H,52,58)(H,53,54)/b32-30+/t41-,42-,43-/m0/s1. The number of benzene rings is 4. The summed E-state index contributed by atoms with van der Waals surface area (Å²) in [4.78, 5) is 68.2. The molecule has 4 amide bonds. The monoisotopic (exact) mass is 798 g/mol. The molecule has 1 aliphatic carbocycles. The van der Waals surface area contributed by atoms with Crippen LogP contribution in [0, 0.1) is 11.8 Å². The van der Waals surface area contributed by atoms with Crippen molar-refractivity contribution in [1.82, 2.24) is 21.3 Å². The molecule has 0 spiro atoms. The quantitative estimate of drug-likeness (QED) is 0.0434. The lowest BCUT2D eigenvalue weighted by Gasteiger charge is -2.37. The lowest BCUT2D eigenvalue weighted by molar-refractivity contribution is -0.137. The van der Waals surface area contributed by atoms with Crippen LogP contribution in [-0.4, -0.2) is 54.3 Å². The molecule has 10 heteroatoms. The SMILES string of the molecule is CCOC(=O)/C=C/[C@H](CCC(=O)NC(c1ccccc1)(c1ccccc1)c1ccccc1)NC(=O)[C@H](Cc1ccccc1)NC(=O)[C@H](CC(C)C)NC(=O)C1CCCC1. The predicted octanol–water partition coefficient (Wildman–Crippen LogP) is 6.93. The van der Waals surface area contributed by atoms with Crippen molar-refractivity contribution >= 4 is 29.6 Å². The van der Waals surface area contributed by atoms with Crippen LogP contribution in [-0.2, 0) is 40.7 Å². The summed E-state index contributed by atoms with van der Waals surface area (Å²) in [5.74, 6) is -1.97. The van der Waals surface area contributed by atoms with E-state index in [-0.39, 0.29) is 49.5 Å². The Hall–Kier alpha value is -6.03. The third-order valence-corrected chi connectivity index (χ3v) is 10.7. The molecular weight excluding hydrogens is 741 g/mol. The van der Waals surface area contributed by atoms with Gasteiger partial charge in [-0.1, -0.05) is 154 Å². The Balaban J connectivity index is 1.39. The second-order valence-electron chi connectivity index (χ2n) is 15.6. The first kappa shape index (κ1) is 44.1. The van der Waals surface area contributed by atoms with Crippen LogP contribution in [0.1, 0.15) is 88.0 Å². The highest BCUT2D eigenvalue weighted by Gasteiger charge is 2.38. The van der Waals surface area contributed by atoms with Gasteiger partial charge in [-0.3, -0.25) is 19.2 Å². The zero-order chi connectivity index (χ0) is 42.0. The van der Waals surface area contributed by atoms with Crippen molar-refractivity contribution < 1.29 is 28.7 Å². The second-order valence-corrected chi connectivity index (χ2v) is 15.6. The smallest absolute Gasteiger partial charge is 0.330 e. The highest BCUT2D eigenvalue weighted by Crippen LogP contribution is 2.37. The minimum atomic E-state index is -1.04. The number of rotatable bonds is 20. The highest BCUT2D eigenvalue weighted by atomic mass is 16.5. The average molecular weight is 799 g/mol. The minimum absolute atomic E-state index is 0.0221. The maximum atomic E-state index is 14.3. The lowest BCUT2D eigenvalue weighted by atomic mass is 9.77. The maximum Gasteiger partial charge on any atom is 0.330 e. The Morgan fingerprint density at radius 1 is 0.695 bits per heavy atom. The predicted molar refractivity (Wildman–Crippen MR) is 230 cm³/mol. The molecule has 0 unspecified atom stereocenters. The molecule has 0 saturated heterocycles. The van der Waals surface area contributed by atoms with Gasteiger partial charge in [0, 0.05) is 30.9 Å². The molecule has 310 valence electrons. The molecule has 3 atom stereocenters. The van der Waals surface area contributed by atoms with Crippen molar-refractivity contribution in [3.8, 4) is 0 Å². The second kappa shape index (κ2) is 22.2. The van der Waals surface area contributed by atoms with Crippen molar-refractivity contribution in [3.05, 3.63) is 156 Å². The van der Waals surface area contributed by atoms with E-state index in [2.05, 4.69) is 21.3 Å². The van der Waals surface area contributed by atoms with Crippen LogP contribution in [0.3, 0.4) is 0 Å². The van der Waals surface area contributed by atoms with E-state index in [4.69, 9.17) is 4.74 Å². The number of carbonyl (C=O) groups excluding carboxylic acids is 5. The molecule has 4 aromatic carbocycles. The van der Waals surface area contributed by atoms with E-state index < -0.39 is 41.4 Å².